The SMILES string of the molecule is Cc1nnsc1C(=O)Nc1sc(C(C)(C)C)c(-c2ccc(Br)cc2)c1C(=O)O.O=C(Nc1scc(-c2ccc(Cl)cc2)c1C(=O)O)c1cscn1. The van der Waals surface area contributed by atoms with Gasteiger partial charge in [0.25, 0.3) is 11.8 Å². The van der Waals surface area contributed by atoms with Crippen molar-refractivity contribution < 1.29 is 29.4 Å². The van der Waals surface area contributed by atoms with Crippen molar-refractivity contribution in [1.82, 2.24) is 14.6 Å². The number of amides is 2. The molecule has 0 bridgehead atoms. The van der Waals surface area contributed by atoms with E-state index in [0.717, 1.165) is 43.3 Å². The largest absolute Gasteiger partial charge is 0.478 e. The third kappa shape index (κ3) is 8.77. The second-order valence-corrected chi connectivity index (χ2v) is 16.4. The van der Waals surface area contributed by atoms with E-state index in [2.05, 4.69) is 41.1 Å². The molecule has 0 fully saturated rings. The summed E-state index contributed by atoms with van der Waals surface area (Å²) in [7, 11) is 0. The number of carbonyl (C=O) groups is 4. The number of benzene rings is 2. The Balaban J connectivity index is 0.000000201. The molecule has 0 aliphatic carbocycles. The first kappa shape index (κ1) is 37.9. The molecule has 0 radical (unpaired) electrons. The average Bonchev–Trinajstić information content (AvgIpc) is 3.88. The van der Waals surface area contributed by atoms with E-state index in [0.29, 0.717) is 31.7 Å². The first-order chi connectivity index (χ1) is 24.1. The number of carboxylic acid groups (broad SMARTS) is 2. The number of thiophene rings is 2. The van der Waals surface area contributed by atoms with Crippen LogP contribution in [-0.4, -0.2) is 48.5 Å². The fraction of sp³-hybridized carbons (Fsp3) is 0.147. The minimum absolute atomic E-state index is 0.0564. The summed E-state index contributed by atoms with van der Waals surface area (Å²) in [5, 5.41) is 33.2. The molecule has 11 nitrogen and oxygen atoms in total. The average molecular weight is 845 g/mol. The van der Waals surface area contributed by atoms with Crippen molar-refractivity contribution in [3.05, 3.63) is 107 Å². The lowest BCUT2D eigenvalue weighted by Gasteiger charge is -2.19. The van der Waals surface area contributed by atoms with Crippen molar-refractivity contribution in [3.8, 4) is 22.3 Å². The molecule has 6 rings (SSSR count). The van der Waals surface area contributed by atoms with Gasteiger partial charge in [0, 0.05) is 36.3 Å². The summed E-state index contributed by atoms with van der Waals surface area (Å²) in [5.74, 6) is -3.03. The Bertz CT molecular complexity index is 2220. The summed E-state index contributed by atoms with van der Waals surface area (Å²) in [5.41, 5.74) is 4.84. The molecule has 262 valence electrons. The quantitative estimate of drug-likeness (QED) is 0.116. The molecule has 4 aromatic heterocycles. The Morgan fingerprint density at radius 3 is 2.02 bits per heavy atom. The van der Waals surface area contributed by atoms with E-state index in [1.807, 2.05) is 45.0 Å². The number of hydrogen-bond acceptors (Lipinski definition) is 11. The number of anilines is 2. The maximum atomic E-state index is 12.6. The summed E-state index contributed by atoms with van der Waals surface area (Å²) in [6.45, 7) is 7.76. The Morgan fingerprint density at radius 1 is 0.843 bits per heavy atom. The summed E-state index contributed by atoms with van der Waals surface area (Å²) in [6.07, 6.45) is 0. The maximum Gasteiger partial charge on any atom is 0.339 e. The topological polar surface area (TPSA) is 171 Å². The molecule has 0 saturated carbocycles. The van der Waals surface area contributed by atoms with Crippen molar-refractivity contribution >= 4 is 107 Å². The van der Waals surface area contributed by atoms with Crippen molar-refractivity contribution in [2.45, 2.75) is 33.1 Å². The van der Waals surface area contributed by atoms with Crippen molar-refractivity contribution in [3.63, 3.8) is 0 Å². The van der Waals surface area contributed by atoms with E-state index in [-0.39, 0.29) is 27.2 Å². The summed E-state index contributed by atoms with van der Waals surface area (Å²) in [4.78, 5) is 53.7. The molecule has 6 aromatic rings. The van der Waals surface area contributed by atoms with Crippen LogP contribution in [0.15, 0.2) is 69.3 Å². The van der Waals surface area contributed by atoms with E-state index in [9.17, 15) is 29.4 Å². The van der Waals surface area contributed by atoms with Crippen LogP contribution in [0.5, 0.6) is 0 Å². The fourth-order valence-corrected chi connectivity index (χ4v) is 8.44. The highest BCUT2D eigenvalue weighted by Crippen LogP contribution is 2.46. The summed E-state index contributed by atoms with van der Waals surface area (Å²) < 4.78 is 4.68. The molecule has 17 heteroatoms. The molecule has 0 aliphatic heterocycles. The number of aromatic nitrogens is 3. The number of carbonyl (C=O) groups excluding carboxylic acids is 2. The van der Waals surface area contributed by atoms with Gasteiger partial charge in [-0.3, -0.25) is 9.59 Å². The van der Waals surface area contributed by atoms with Gasteiger partial charge in [-0.15, -0.1) is 39.1 Å². The predicted octanol–water partition coefficient (Wildman–Crippen LogP) is 10.1. The van der Waals surface area contributed by atoms with Gasteiger partial charge in [-0.1, -0.05) is 77.1 Å². The standard InChI is InChI=1S/C19H18BrN3O3S2.C15H9ClN2O3S2/c1-9-14(28-23-22-9)16(24)21-17-13(18(25)26)12(15(27-17)19(2,3)4)10-5-7-11(20)8-6-10;16-9-3-1-8(2-4-9)10-5-23-14(12(10)15(20)21)18-13(19)11-6-22-7-17-11/h5-8H,1-4H3,(H,21,24)(H,25,26);1-7H,(H,18,19)(H,20,21). The Morgan fingerprint density at radius 2 is 1.47 bits per heavy atom. The zero-order valence-electron chi connectivity index (χ0n) is 27.1. The molecule has 51 heavy (non-hydrogen) atoms. The second-order valence-electron chi connectivity index (χ2n) is 11.7. The zero-order chi connectivity index (χ0) is 37.0. The minimum atomic E-state index is -1.11. The smallest absolute Gasteiger partial charge is 0.339 e. The van der Waals surface area contributed by atoms with Crippen LogP contribution in [0, 0.1) is 6.92 Å². The summed E-state index contributed by atoms with van der Waals surface area (Å²) in [6, 6.07) is 14.3. The molecule has 0 atom stereocenters. The first-order valence-electron chi connectivity index (χ1n) is 14.7. The van der Waals surface area contributed by atoms with Gasteiger partial charge in [0.2, 0.25) is 0 Å². The maximum absolute atomic E-state index is 12.6. The number of aromatic carboxylic acids is 2. The number of nitrogens with one attached hydrogen (secondary N) is 2. The first-order valence-corrected chi connectivity index (χ1v) is 19.3. The molecule has 0 aliphatic rings. The van der Waals surface area contributed by atoms with Crippen LogP contribution >= 0.6 is 73.1 Å². The lowest BCUT2D eigenvalue weighted by molar-refractivity contribution is 0.0688. The predicted molar refractivity (Wildman–Crippen MR) is 208 cm³/mol. The van der Waals surface area contributed by atoms with Crippen LogP contribution in [0.4, 0.5) is 10.0 Å². The summed E-state index contributed by atoms with van der Waals surface area (Å²) >= 11 is 14.0. The van der Waals surface area contributed by atoms with Crippen LogP contribution < -0.4 is 10.6 Å². The molecule has 0 spiro atoms. The Labute approximate surface area is 321 Å². The van der Waals surface area contributed by atoms with E-state index >= 15 is 0 Å². The van der Waals surface area contributed by atoms with E-state index < -0.39 is 23.8 Å². The number of rotatable bonds is 8. The van der Waals surface area contributed by atoms with E-state index in [1.165, 1.54) is 22.7 Å². The molecule has 0 unspecified atom stereocenters. The molecule has 4 heterocycles. The molecule has 2 aromatic carbocycles. The van der Waals surface area contributed by atoms with Gasteiger partial charge in [-0.25, -0.2) is 14.6 Å². The lowest BCUT2D eigenvalue weighted by atomic mass is 9.87. The van der Waals surface area contributed by atoms with E-state index in [1.54, 1.807) is 47.5 Å². The van der Waals surface area contributed by atoms with Crippen molar-refractivity contribution in [2.75, 3.05) is 10.6 Å². The van der Waals surface area contributed by atoms with Crippen LogP contribution in [0.1, 0.15) is 72.2 Å². The number of thiazole rings is 1. The van der Waals surface area contributed by atoms with Crippen LogP contribution in [0.25, 0.3) is 22.3 Å². The third-order valence-corrected chi connectivity index (χ3v) is 11.7. The van der Waals surface area contributed by atoms with Gasteiger partial charge in [-0.05, 0) is 59.3 Å². The lowest BCUT2D eigenvalue weighted by Crippen LogP contribution is -2.13. The number of aryl methyl sites for hydroxylation is 1. The zero-order valence-corrected chi connectivity index (χ0v) is 32.7. The molecular weight excluding hydrogens is 818 g/mol. The van der Waals surface area contributed by atoms with Gasteiger partial charge >= 0.3 is 11.9 Å². The van der Waals surface area contributed by atoms with Gasteiger partial charge in [0.1, 0.15) is 31.7 Å². The highest BCUT2D eigenvalue weighted by atomic mass is 79.9. The number of hydrogen-bond donors (Lipinski definition) is 4. The van der Waals surface area contributed by atoms with Crippen molar-refractivity contribution in [2.24, 2.45) is 0 Å². The molecule has 2 amide bonds. The van der Waals surface area contributed by atoms with Crippen LogP contribution in [0.2, 0.25) is 5.02 Å². The normalized spacial score (nSPS) is 11.0. The highest BCUT2D eigenvalue weighted by Gasteiger charge is 2.31. The highest BCUT2D eigenvalue weighted by molar-refractivity contribution is 9.10. The van der Waals surface area contributed by atoms with Crippen LogP contribution in [0.3, 0.4) is 0 Å². The monoisotopic (exact) mass is 843 g/mol. The third-order valence-electron chi connectivity index (χ3n) is 7.07. The minimum Gasteiger partial charge on any atom is -0.478 e. The second kappa shape index (κ2) is 15.9. The van der Waals surface area contributed by atoms with Crippen LogP contribution in [-0.2, 0) is 5.41 Å². The van der Waals surface area contributed by atoms with Gasteiger partial charge in [0.15, 0.2) is 0 Å². The van der Waals surface area contributed by atoms with Crippen molar-refractivity contribution in [1.29, 1.82) is 0 Å². The molecule has 4 N–H and O–H groups in total. The Hall–Kier alpha value is -4.32. The van der Waals surface area contributed by atoms with E-state index in [4.69, 9.17) is 11.6 Å². The van der Waals surface area contributed by atoms with Gasteiger partial charge in [-0.2, -0.15) is 0 Å². The number of carboxylic acids is 2. The van der Waals surface area contributed by atoms with Gasteiger partial charge < -0.3 is 20.8 Å². The Kier molecular flexibility index (Phi) is 11.8. The molecular formula is C34H27BrClN5O6S4. The number of nitrogens with zero attached hydrogens (tertiary/aromatic N) is 3. The fourth-order valence-electron chi connectivity index (χ4n) is 4.74. The van der Waals surface area contributed by atoms with Gasteiger partial charge in [0.05, 0.1) is 11.2 Å². The number of halogens is 2. The molecule has 0 saturated heterocycles.